The molecule has 0 fully saturated rings. The molecule has 130 valence electrons. The number of H-pyrrole nitrogens is 1. The normalized spacial score (nSPS) is 11.0. The summed E-state index contributed by atoms with van der Waals surface area (Å²) in [5, 5.41) is 13.2. The molecular formula is C20H15N2O4-. The standard InChI is InChI=1S/C20H16N2O4/c1-25-16-8-7-11(9-17(16)26-2)18-19-13(10-15(22-18)20(23)24)12-5-3-4-6-14(12)21-19/h3-10,21H,1-2H3,(H,23,24)/p-1. The zero-order valence-electron chi connectivity index (χ0n) is 14.2. The molecule has 0 aliphatic heterocycles. The molecule has 0 spiro atoms. The first-order chi connectivity index (χ1) is 12.6. The van der Waals surface area contributed by atoms with E-state index in [0.717, 1.165) is 21.8 Å². The highest BCUT2D eigenvalue weighted by Crippen LogP contribution is 2.36. The zero-order valence-corrected chi connectivity index (χ0v) is 14.2. The predicted molar refractivity (Wildman–Crippen MR) is 96.5 cm³/mol. The molecule has 1 N–H and O–H groups in total. The minimum Gasteiger partial charge on any atom is -0.543 e. The third kappa shape index (κ3) is 2.43. The highest BCUT2D eigenvalue weighted by molar-refractivity contribution is 6.12. The number of carbonyl (C=O) groups excluding carboxylic acids is 1. The van der Waals surface area contributed by atoms with Crippen LogP contribution >= 0.6 is 0 Å². The third-order valence-corrected chi connectivity index (χ3v) is 4.36. The van der Waals surface area contributed by atoms with E-state index in [2.05, 4.69) is 9.97 Å². The van der Waals surface area contributed by atoms with Gasteiger partial charge in [-0.05, 0) is 30.3 Å². The van der Waals surface area contributed by atoms with Crippen LogP contribution in [0.2, 0.25) is 0 Å². The van der Waals surface area contributed by atoms with Crippen LogP contribution < -0.4 is 14.6 Å². The molecule has 0 aliphatic carbocycles. The van der Waals surface area contributed by atoms with Gasteiger partial charge in [-0.25, -0.2) is 4.98 Å². The van der Waals surface area contributed by atoms with Gasteiger partial charge in [0.05, 0.1) is 37.1 Å². The summed E-state index contributed by atoms with van der Waals surface area (Å²) in [6.45, 7) is 0. The Bertz CT molecular complexity index is 1150. The molecule has 0 bridgehead atoms. The highest BCUT2D eigenvalue weighted by Gasteiger charge is 2.15. The zero-order chi connectivity index (χ0) is 18.3. The number of para-hydroxylation sites is 1. The Kier molecular flexibility index (Phi) is 3.73. The van der Waals surface area contributed by atoms with Crippen molar-refractivity contribution >= 4 is 27.8 Å². The van der Waals surface area contributed by atoms with Crippen LogP contribution in [-0.2, 0) is 0 Å². The van der Waals surface area contributed by atoms with Gasteiger partial charge in [-0.15, -0.1) is 0 Å². The van der Waals surface area contributed by atoms with Gasteiger partial charge < -0.3 is 24.4 Å². The summed E-state index contributed by atoms with van der Waals surface area (Å²) in [5.41, 5.74) is 2.76. The Morgan fingerprint density at radius 1 is 1.00 bits per heavy atom. The molecule has 0 aliphatic rings. The van der Waals surface area contributed by atoms with E-state index in [4.69, 9.17) is 9.47 Å². The highest BCUT2D eigenvalue weighted by atomic mass is 16.5. The second-order valence-electron chi connectivity index (χ2n) is 5.81. The van der Waals surface area contributed by atoms with E-state index < -0.39 is 5.97 Å². The second kappa shape index (κ2) is 6.07. The molecule has 2 aromatic carbocycles. The molecule has 0 radical (unpaired) electrons. The summed E-state index contributed by atoms with van der Waals surface area (Å²) in [7, 11) is 3.10. The number of ether oxygens (including phenoxy) is 2. The van der Waals surface area contributed by atoms with Gasteiger partial charge in [0.15, 0.2) is 11.5 Å². The lowest BCUT2D eigenvalue weighted by Gasteiger charge is -2.11. The molecule has 2 heterocycles. The van der Waals surface area contributed by atoms with Gasteiger partial charge in [-0.1, -0.05) is 18.2 Å². The van der Waals surface area contributed by atoms with Gasteiger partial charge in [0.1, 0.15) is 0 Å². The minimum atomic E-state index is -1.32. The van der Waals surface area contributed by atoms with Gasteiger partial charge in [0, 0.05) is 21.9 Å². The van der Waals surface area contributed by atoms with E-state index >= 15 is 0 Å². The number of nitrogens with one attached hydrogen (secondary N) is 1. The molecular weight excluding hydrogens is 332 g/mol. The number of benzene rings is 2. The molecule has 0 amide bonds. The molecule has 4 aromatic rings. The van der Waals surface area contributed by atoms with E-state index in [1.807, 2.05) is 30.3 Å². The van der Waals surface area contributed by atoms with Crippen molar-refractivity contribution in [3.8, 4) is 22.8 Å². The second-order valence-corrected chi connectivity index (χ2v) is 5.81. The van der Waals surface area contributed by atoms with Crippen LogP contribution in [0.1, 0.15) is 10.5 Å². The van der Waals surface area contributed by atoms with Gasteiger partial charge >= 0.3 is 0 Å². The van der Waals surface area contributed by atoms with Crippen LogP contribution in [0, 0.1) is 0 Å². The number of methoxy groups -OCH3 is 2. The van der Waals surface area contributed by atoms with Crippen molar-refractivity contribution in [3.63, 3.8) is 0 Å². The number of pyridine rings is 1. The first-order valence-corrected chi connectivity index (χ1v) is 7.97. The van der Waals surface area contributed by atoms with Crippen LogP contribution in [0.15, 0.2) is 48.5 Å². The molecule has 2 aromatic heterocycles. The summed E-state index contributed by atoms with van der Waals surface area (Å²) < 4.78 is 10.6. The smallest absolute Gasteiger partial charge is 0.161 e. The van der Waals surface area contributed by atoms with Crippen LogP contribution in [0.25, 0.3) is 33.1 Å². The fourth-order valence-corrected chi connectivity index (χ4v) is 3.14. The maximum absolute atomic E-state index is 11.5. The molecule has 0 saturated heterocycles. The number of hydrogen-bond acceptors (Lipinski definition) is 5. The number of aromatic nitrogens is 2. The minimum absolute atomic E-state index is 0.118. The van der Waals surface area contributed by atoms with Crippen molar-refractivity contribution in [1.29, 1.82) is 0 Å². The van der Waals surface area contributed by atoms with Gasteiger partial charge in [0.2, 0.25) is 0 Å². The Morgan fingerprint density at radius 3 is 2.50 bits per heavy atom. The maximum atomic E-state index is 11.5. The summed E-state index contributed by atoms with van der Waals surface area (Å²) in [6, 6.07) is 14.6. The number of nitrogens with zero attached hydrogens (tertiary/aromatic N) is 1. The van der Waals surface area contributed by atoms with Crippen LogP contribution in [0.4, 0.5) is 0 Å². The fraction of sp³-hybridized carbons (Fsp3) is 0.100. The first kappa shape index (κ1) is 16.0. The Balaban J connectivity index is 2.06. The van der Waals surface area contributed by atoms with Gasteiger partial charge in [-0.3, -0.25) is 0 Å². The maximum Gasteiger partial charge on any atom is 0.161 e. The number of fused-ring (bicyclic) bond motifs is 3. The van der Waals surface area contributed by atoms with Crippen molar-refractivity contribution in [2.24, 2.45) is 0 Å². The Morgan fingerprint density at radius 2 is 1.77 bits per heavy atom. The number of hydrogen-bond donors (Lipinski definition) is 1. The molecule has 0 saturated carbocycles. The van der Waals surface area contributed by atoms with Crippen LogP contribution in [0.5, 0.6) is 11.5 Å². The van der Waals surface area contributed by atoms with E-state index in [-0.39, 0.29) is 5.69 Å². The Labute approximate surface area is 149 Å². The van der Waals surface area contributed by atoms with Crippen molar-refractivity contribution in [3.05, 3.63) is 54.2 Å². The third-order valence-electron chi connectivity index (χ3n) is 4.36. The molecule has 0 atom stereocenters. The molecule has 4 rings (SSSR count). The van der Waals surface area contributed by atoms with Gasteiger partial charge in [0.25, 0.3) is 0 Å². The summed E-state index contributed by atoms with van der Waals surface area (Å²) in [5.74, 6) is -0.200. The molecule has 6 heteroatoms. The van der Waals surface area contributed by atoms with E-state index in [0.29, 0.717) is 22.8 Å². The average Bonchev–Trinajstić information content (AvgIpc) is 3.05. The Hall–Kier alpha value is -3.54. The quantitative estimate of drug-likeness (QED) is 0.613. The number of rotatable bonds is 4. The summed E-state index contributed by atoms with van der Waals surface area (Å²) in [4.78, 5) is 19.1. The number of aromatic carboxylic acids is 1. The largest absolute Gasteiger partial charge is 0.543 e. The number of carboxylic acid groups (broad SMARTS) is 1. The topological polar surface area (TPSA) is 87.3 Å². The lowest BCUT2D eigenvalue weighted by atomic mass is 10.1. The summed E-state index contributed by atoms with van der Waals surface area (Å²) >= 11 is 0. The number of aromatic amines is 1. The first-order valence-electron chi connectivity index (χ1n) is 7.97. The van der Waals surface area contributed by atoms with Crippen molar-refractivity contribution < 1.29 is 19.4 Å². The van der Waals surface area contributed by atoms with Crippen molar-refractivity contribution in [2.45, 2.75) is 0 Å². The monoisotopic (exact) mass is 347 g/mol. The summed E-state index contributed by atoms with van der Waals surface area (Å²) in [6.07, 6.45) is 0. The fourth-order valence-electron chi connectivity index (χ4n) is 3.14. The molecule has 26 heavy (non-hydrogen) atoms. The van der Waals surface area contributed by atoms with Crippen LogP contribution in [0.3, 0.4) is 0 Å². The molecule has 6 nitrogen and oxygen atoms in total. The predicted octanol–water partition coefficient (Wildman–Crippen LogP) is 2.76. The number of carboxylic acids is 1. The van der Waals surface area contributed by atoms with Crippen LogP contribution in [-0.4, -0.2) is 30.2 Å². The van der Waals surface area contributed by atoms with E-state index in [9.17, 15) is 9.90 Å². The van der Waals surface area contributed by atoms with E-state index in [1.54, 1.807) is 26.4 Å². The van der Waals surface area contributed by atoms with Crippen molar-refractivity contribution in [2.75, 3.05) is 14.2 Å². The average molecular weight is 347 g/mol. The number of carbonyl (C=O) groups is 1. The van der Waals surface area contributed by atoms with E-state index in [1.165, 1.54) is 6.07 Å². The molecule has 0 unspecified atom stereocenters. The SMILES string of the molecule is COc1ccc(-c2nc(C(=O)[O-])cc3c2[nH]c2ccccc23)cc1OC. The van der Waals surface area contributed by atoms with Gasteiger partial charge in [-0.2, -0.15) is 0 Å². The lowest BCUT2D eigenvalue weighted by Crippen LogP contribution is -2.23. The lowest BCUT2D eigenvalue weighted by molar-refractivity contribution is -0.255. The van der Waals surface area contributed by atoms with Crippen molar-refractivity contribution in [1.82, 2.24) is 9.97 Å².